The molecule has 206 valence electrons. The van der Waals surface area contributed by atoms with E-state index >= 15 is 0 Å². The van der Waals surface area contributed by atoms with Crippen LogP contribution in [0.1, 0.15) is 30.5 Å². The van der Waals surface area contributed by atoms with Gasteiger partial charge in [0.05, 0.1) is 50.1 Å². The lowest BCUT2D eigenvalue weighted by Crippen LogP contribution is -2.32. The Morgan fingerprint density at radius 2 is 1.71 bits per heavy atom. The molecule has 0 bridgehead atoms. The maximum atomic E-state index is 13.4. The fourth-order valence-corrected chi connectivity index (χ4v) is 5.12. The van der Waals surface area contributed by atoms with E-state index in [-0.39, 0.29) is 39.2 Å². The fourth-order valence-electron chi connectivity index (χ4n) is 4.44. The summed E-state index contributed by atoms with van der Waals surface area (Å²) < 4.78 is 21.8. The summed E-state index contributed by atoms with van der Waals surface area (Å²) in [7, 11) is 8.10. The summed E-state index contributed by atoms with van der Waals surface area (Å²) in [5, 5.41) is 11.7. The highest BCUT2D eigenvalue weighted by Crippen LogP contribution is 2.48. The SMILES string of the molecule is CCOc1ccc(C2/C(=C(\O)c3cc(Cl)c(OC)c(Cl)c3OC)C(=O)C(=O)N2CCCN(C)C)cc1OC. The third-order valence-corrected chi connectivity index (χ3v) is 6.77. The van der Waals surface area contributed by atoms with E-state index in [0.29, 0.717) is 36.6 Å². The van der Waals surface area contributed by atoms with E-state index in [9.17, 15) is 14.7 Å². The van der Waals surface area contributed by atoms with Crippen molar-refractivity contribution >= 4 is 40.7 Å². The highest BCUT2D eigenvalue weighted by Gasteiger charge is 2.46. The number of nitrogens with zero attached hydrogens (tertiary/aromatic N) is 2. The highest BCUT2D eigenvalue weighted by molar-refractivity contribution is 6.47. The lowest BCUT2D eigenvalue weighted by Gasteiger charge is -2.26. The summed E-state index contributed by atoms with van der Waals surface area (Å²) in [4.78, 5) is 30.1. The topological polar surface area (TPSA) is 97.8 Å². The highest BCUT2D eigenvalue weighted by atomic mass is 35.5. The van der Waals surface area contributed by atoms with Gasteiger partial charge >= 0.3 is 0 Å². The van der Waals surface area contributed by atoms with Crippen LogP contribution in [0, 0.1) is 0 Å². The first-order valence-electron chi connectivity index (χ1n) is 11.9. The number of Topliss-reactive ketones (excluding diaryl/α,β-unsaturated/α-hetero) is 1. The number of methoxy groups -OCH3 is 3. The van der Waals surface area contributed by atoms with Gasteiger partial charge in [-0.1, -0.05) is 29.3 Å². The van der Waals surface area contributed by atoms with Crippen LogP contribution in [0.5, 0.6) is 23.0 Å². The number of amides is 1. The second-order valence-electron chi connectivity index (χ2n) is 8.78. The second-order valence-corrected chi connectivity index (χ2v) is 9.56. The molecule has 0 aromatic heterocycles. The third kappa shape index (κ3) is 5.65. The van der Waals surface area contributed by atoms with Gasteiger partial charge in [-0.2, -0.15) is 0 Å². The van der Waals surface area contributed by atoms with Gasteiger partial charge in [0.1, 0.15) is 10.8 Å². The van der Waals surface area contributed by atoms with E-state index < -0.39 is 23.5 Å². The van der Waals surface area contributed by atoms with Crippen molar-refractivity contribution in [3.05, 3.63) is 51.0 Å². The van der Waals surface area contributed by atoms with Crippen LogP contribution >= 0.6 is 23.2 Å². The number of benzene rings is 2. The molecule has 0 saturated carbocycles. The van der Waals surface area contributed by atoms with Crippen molar-refractivity contribution < 1.29 is 33.6 Å². The van der Waals surface area contributed by atoms with E-state index in [0.717, 1.165) is 0 Å². The van der Waals surface area contributed by atoms with Crippen LogP contribution in [0.15, 0.2) is 29.8 Å². The standard InChI is InChI=1S/C27H32Cl2N2O7/c1-7-38-18-10-9-15(13-19(18)35-4)22-20(24(33)27(34)31(22)12-8-11-30(2)3)23(32)16-14-17(28)26(37-6)21(29)25(16)36-5/h9-10,13-14,22,32H,7-8,11-12H2,1-6H3/b23-20+. The zero-order valence-corrected chi connectivity index (χ0v) is 23.8. The minimum absolute atomic E-state index is 0.0172. The Balaban J connectivity index is 2.26. The largest absolute Gasteiger partial charge is 0.507 e. The summed E-state index contributed by atoms with van der Waals surface area (Å²) in [5.41, 5.74) is 0.486. The molecule has 1 aliphatic rings. The normalized spacial score (nSPS) is 16.8. The number of rotatable bonds is 11. The predicted molar refractivity (Wildman–Crippen MR) is 146 cm³/mol. The van der Waals surface area contributed by atoms with Crippen LogP contribution in [0.3, 0.4) is 0 Å². The third-order valence-electron chi connectivity index (χ3n) is 6.14. The van der Waals surface area contributed by atoms with E-state index in [1.807, 2.05) is 25.9 Å². The number of carbonyl (C=O) groups is 2. The number of hydrogen-bond acceptors (Lipinski definition) is 8. The van der Waals surface area contributed by atoms with Crippen molar-refractivity contribution in [1.82, 2.24) is 9.80 Å². The molecule has 1 unspecified atom stereocenters. The van der Waals surface area contributed by atoms with Crippen molar-refractivity contribution in [2.45, 2.75) is 19.4 Å². The molecule has 1 N–H and O–H groups in total. The number of ketones is 1. The number of aliphatic hydroxyl groups excluding tert-OH is 1. The Morgan fingerprint density at radius 3 is 2.29 bits per heavy atom. The average Bonchev–Trinajstić information content (AvgIpc) is 3.13. The van der Waals surface area contributed by atoms with Crippen LogP contribution in [-0.2, 0) is 9.59 Å². The molecule has 2 aromatic carbocycles. The molecule has 3 rings (SSSR count). The van der Waals surface area contributed by atoms with Crippen molar-refractivity contribution in [3.8, 4) is 23.0 Å². The molecule has 1 amide bonds. The number of carbonyl (C=O) groups excluding carboxylic acids is 2. The summed E-state index contributed by atoms with van der Waals surface area (Å²) in [6, 6.07) is 5.61. The van der Waals surface area contributed by atoms with E-state index in [1.165, 1.54) is 32.3 Å². The average molecular weight is 567 g/mol. The lowest BCUT2D eigenvalue weighted by molar-refractivity contribution is -0.139. The molecule has 38 heavy (non-hydrogen) atoms. The van der Waals surface area contributed by atoms with Gasteiger partial charge in [0.25, 0.3) is 11.7 Å². The van der Waals surface area contributed by atoms with E-state index in [2.05, 4.69) is 0 Å². The van der Waals surface area contributed by atoms with Crippen LogP contribution in [-0.4, -0.2) is 81.7 Å². The van der Waals surface area contributed by atoms with Gasteiger partial charge in [0, 0.05) is 6.54 Å². The first-order valence-corrected chi connectivity index (χ1v) is 12.7. The monoisotopic (exact) mass is 566 g/mol. The minimum atomic E-state index is -0.911. The Bertz CT molecular complexity index is 1250. The Hall–Kier alpha value is -3.14. The number of aliphatic hydroxyl groups is 1. The quantitative estimate of drug-likeness (QED) is 0.235. The molecule has 2 aromatic rings. The number of hydrogen-bond donors (Lipinski definition) is 1. The first-order chi connectivity index (χ1) is 18.1. The second kappa shape index (κ2) is 12.6. The zero-order chi connectivity index (χ0) is 28.1. The smallest absolute Gasteiger partial charge is 0.295 e. The summed E-state index contributed by atoms with van der Waals surface area (Å²) >= 11 is 12.8. The van der Waals surface area contributed by atoms with Crippen molar-refractivity contribution in [1.29, 1.82) is 0 Å². The predicted octanol–water partition coefficient (Wildman–Crippen LogP) is 4.79. The van der Waals surface area contributed by atoms with Gasteiger partial charge in [-0.05, 0) is 57.7 Å². The van der Waals surface area contributed by atoms with Gasteiger partial charge in [0.2, 0.25) is 0 Å². The fraction of sp³-hybridized carbons (Fsp3) is 0.407. The molecule has 1 aliphatic heterocycles. The molecule has 1 fully saturated rings. The van der Waals surface area contributed by atoms with Gasteiger partial charge in [-0.25, -0.2) is 0 Å². The van der Waals surface area contributed by atoms with Crippen molar-refractivity contribution in [2.24, 2.45) is 0 Å². The van der Waals surface area contributed by atoms with Gasteiger partial charge in [0.15, 0.2) is 23.0 Å². The summed E-state index contributed by atoms with van der Waals surface area (Å²) in [6.45, 7) is 3.25. The summed E-state index contributed by atoms with van der Waals surface area (Å²) in [5.74, 6) is -0.899. The number of ether oxygens (including phenoxy) is 4. The number of likely N-dealkylation sites (tertiary alicyclic amines) is 1. The Morgan fingerprint density at radius 1 is 1.03 bits per heavy atom. The van der Waals surface area contributed by atoms with E-state index in [1.54, 1.807) is 18.2 Å². The van der Waals surface area contributed by atoms with Crippen LogP contribution in [0.25, 0.3) is 5.76 Å². The van der Waals surface area contributed by atoms with Crippen LogP contribution in [0.4, 0.5) is 0 Å². The van der Waals surface area contributed by atoms with Crippen molar-refractivity contribution in [2.75, 3.05) is 55.1 Å². The molecule has 11 heteroatoms. The molecule has 0 aliphatic carbocycles. The molecule has 9 nitrogen and oxygen atoms in total. The van der Waals surface area contributed by atoms with Gasteiger partial charge in [-0.15, -0.1) is 0 Å². The zero-order valence-electron chi connectivity index (χ0n) is 22.3. The van der Waals surface area contributed by atoms with E-state index in [4.69, 9.17) is 42.1 Å². The molecule has 0 radical (unpaired) electrons. The molecular weight excluding hydrogens is 535 g/mol. The maximum Gasteiger partial charge on any atom is 0.295 e. The number of halogens is 2. The van der Waals surface area contributed by atoms with Gasteiger partial charge in [-0.3, -0.25) is 9.59 Å². The molecular formula is C27H32Cl2N2O7. The summed E-state index contributed by atoms with van der Waals surface area (Å²) in [6.07, 6.45) is 0.605. The van der Waals surface area contributed by atoms with Crippen molar-refractivity contribution in [3.63, 3.8) is 0 Å². The maximum absolute atomic E-state index is 13.4. The molecule has 1 atom stereocenters. The van der Waals surface area contributed by atoms with Crippen LogP contribution in [0.2, 0.25) is 10.0 Å². The Labute approximate surface area is 232 Å². The molecule has 1 saturated heterocycles. The Kier molecular flexibility index (Phi) is 9.76. The minimum Gasteiger partial charge on any atom is -0.507 e. The van der Waals surface area contributed by atoms with Crippen LogP contribution < -0.4 is 18.9 Å². The lowest BCUT2D eigenvalue weighted by atomic mass is 9.94. The van der Waals surface area contributed by atoms with Gasteiger partial charge < -0.3 is 33.9 Å². The molecule has 0 spiro atoms. The molecule has 1 heterocycles. The first kappa shape index (κ1) is 29.4.